The van der Waals surface area contributed by atoms with Gasteiger partial charge in [0.15, 0.2) is 5.13 Å². The van der Waals surface area contributed by atoms with Crippen molar-refractivity contribution in [2.24, 2.45) is 5.73 Å². The molecule has 3 nitrogen and oxygen atoms in total. The molecule has 0 radical (unpaired) electrons. The van der Waals surface area contributed by atoms with Crippen LogP contribution in [0.1, 0.15) is 42.2 Å². The van der Waals surface area contributed by atoms with Gasteiger partial charge >= 0.3 is 0 Å². The van der Waals surface area contributed by atoms with E-state index >= 15 is 0 Å². The van der Waals surface area contributed by atoms with Gasteiger partial charge in [-0.1, -0.05) is 0 Å². The number of rotatable bonds is 4. The summed E-state index contributed by atoms with van der Waals surface area (Å²) in [6.45, 7) is 0.655. The Morgan fingerprint density at radius 1 is 1.40 bits per heavy atom. The molecule has 0 aromatic carbocycles. The maximum absolute atomic E-state index is 5.77. The highest BCUT2D eigenvalue weighted by molar-refractivity contribution is 7.15. The molecule has 82 valence electrons. The van der Waals surface area contributed by atoms with Crippen LogP contribution in [0.15, 0.2) is 0 Å². The van der Waals surface area contributed by atoms with Crippen LogP contribution in [0.2, 0.25) is 0 Å². The molecular formula is C11H17N3S. The van der Waals surface area contributed by atoms with Crippen LogP contribution in [0.3, 0.4) is 0 Å². The monoisotopic (exact) mass is 223 g/mol. The van der Waals surface area contributed by atoms with Crippen LogP contribution in [-0.4, -0.2) is 18.1 Å². The summed E-state index contributed by atoms with van der Waals surface area (Å²) in [5.41, 5.74) is 7.07. The average Bonchev–Trinajstić information content (AvgIpc) is 3.12. The van der Waals surface area contributed by atoms with E-state index in [0.717, 1.165) is 12.0 Å². The minimum absolute atomic E-state index is 0.655. The molecular weight excluding hydrogens is 206 g/mol. The summed E-state index contributed by atoms with van der Waals surface area (Å²) in [5.74, 6) is 0.723. The summed E-state index contributed by atoms with van der Waals surface area (Å²) in [5, 5.41) is 1.18. The molecule has 3 rings (SSSR count). The van der Waals surface area contributed by atoms with Crippen molar-refractivity contribution in [1.82, 2.24) is 4.98 Å². The van der Waals surface area contributed by atoms with Crippen LogP contribution in [0.25, 0.3) is 0 Å². The van der Waals surface area contributed by atoms with Crippen LogP contribution >= 0.6 is 11.3 Å². The molecule has 0 spiro atoms. The Morgan fingerprint density at radius 2 is 2.13 bits per heavy atom. The second kappa shape index (κ2) is 3.46. The molecule has 2 aliphatic carbocycles. The van der Waals surface area contributed by atoms with Gasteiger partial charge in [-0.3, -0.25) is 0 Å². The highest BCUT2D eigenvalue weighted by Crippen LogP contribution is 2.44. The number of hydrogen-bond acceptors (Lipinski definition) is 4. The van der Waals surface area contributed by atoms with Gasteiger partial charge in [0.2, 0.25) is 0 Å². The van der Waals surface area contributed by atoms with Crippen molar-refractivity contribution in [2.75, 3.05) is 11.9 Å². The van der Waals surface area contributed by atoms with Crippen molar-refractivity contribution in [2.45, 2.75) is 44.2 Å². The van der Waals surface area contributed by atoms with Crippen molar-refractivity contribution in [1.29, 1.82) is 0 Å². The highest BCUT2D eigenvalue weighted by Gasteiger charge is 2.32. The lowest BCUT2D eigenvalue weighted by Gasteiger charge is -2.13. The van der Waals surface area contributed by atoms with Crippen molar-refractivity contribution in [3.8, 4) is 0 Å². The van der Waals surface area contributed by atoms with Crippen LogP contribution in [0.4, 0.5) is 5.13 Å². The van der Waals surface area contributed by atoms with Gasteiger partial charge in [0.1, 0.15) is 0 Å². The number of nitrogens with two attached hydrogens (primary N) is 1. The first-order chi connectivity index (χ1) is 7.29. The van der Waals surface area contributed by atoms with Crippen molar-refractivity contribution >= 4 is 16.5 Å². The first kappa shape index (κ1) is 9.60. The van der Waals surface area contributed by atoms with Gasteiger partial charge in [-0.25, -0.2) is 4.98 Å². The summed E-state index contributed by atoms with van der Waals surface area (Å²) in [6, 6.07) is 0.744. The molecule has 2 aliphatic rings. The fraction of sp³-hybridized carbons (Fsp3) is 0.727. The van der Waals surface area contributed by atoms with E-state index in [1.807, 2.05) is 0 Å². The maximum atomic E-state index is 5.77. The molecule has 0 unspecified atom stereocenters. The standard InChI is InChI=1S/C11H17N3S/c1-14(8-4-5-8)11-13-10(7-2-3-7)9(6-12)15-11/h7-8H,2-6,12H2,1H3. The van der Waals surface area contributed by atoms with E-state index in [1.165, 1.54) is 41.4 Å². The summed E-state index contributed by atoms with van der Waals surface area (Å²) in [7, 11) is 2.16. The summed E-state index contributed by atoms with van der Waals surface area (Å²) in [4.78, 5) is 8.40. The average molecular weight is 223 g/mol. The Labute approximate surface area is 94.3 Å². The zero-order chi connectivity index (χ0) is 10.4. The molecule has 2 fully saturated rings. The SMILES string of the molecule is CN(c1nc(C2CC2)c(CN)s1)C1CC1. The molecule has 1 aromatic rings. The van der Waals surface area contributed by atoms with Crippen molar-refractivity contribution in [3.05, 3.63) is 10.6 Å². The lowest BCUT2D eigenvalue weighted by molar-refractivity contribution is 0.893. The van der Waals surface area contributed by atoms with Gasteiger partial charge in [-0.15, -0.1) is 11.3 Å². The lowest BCUT2D eigenvalue weighted by Crippen LogP contribution is -2.18. The summed E-state index contributed by atoms with van der Waals surface area (Å²) in [6.07, 6.45) is 5.27. The van der Waals surface area contributed by atoms with Gasteiger partial charge in [0.05, 0.1) is 5.69 Å². The zero-order valence-electron chi connectivity index (χ0n) is 9.07. The smallest absolute Gasteiger partial charge is 0.185 e. The van der Waals surface area contributed by atoms with E-state index < -0.39 is 0 Å². The van der Waals surface area contributed by atoms with Gasteiger partial charge in [0, 0.05) is 30.4 Å². The maximum Gasteiger partial charge on any atom is 0.185 e. The van der Waals surface area contributed by atoms with E-state index in [2.05, 4.69) is 11.9 Å². The number of nitrogens with zero attached hydrogens (tertiary/aromatic N) is 2. The number of thiazole rings is 1. The fourth-order valence-electron chi connectivity index (χ4n) is 1.94. The number of aromatic nitrogens is 1. The molecule has 0 atom stereocenters. The Kier molecular flexibility index (Phi) is 2.21. The van der Waals surface area contributed by atoms with Gasteiger partial charge < -0.3 is 10.6 Å². The molecule has 4 heteroatoms. The third kappa shape index (κ3) is 1.76. The quantitative estimate of drug-likeness (QED) is 0.849. The fourth-order valence-corrected chi connectivity index (χ4v) is 3.00. The largest absolute Gasteiger partial charge is 0.348 e. The lowest BCUT2D eigenvalue weighted by atomic mass is 10.2. The minimum Gasteiger partial charge on any atom is -0.348 e. The predicted octanol–water partition coefficient (Wildman–Crippen LogP) is 2.08. The molecule has 0 saturated heterocycles. The second-order valence-electron chi connectivity index (χ2n) is 4.63. The Bertz CT molecular complexity index is 366. The van der Waals surface area contributed by atoms with E-state index in [1.54, 1.807) is 11.3 Å². The van der Waals surface area contributed by atoms with E-state index in [0.29, 0.717) is 6.54 Å². The second-order valence-corrected chi connectivity index (χ2v) is 5.69. The summed E-state index contributed by atoms with van der Waals surface area (Å²) < 4.78 is 0. The molecule has 15 heavy (non-hydrogen) atoms. The van der Waals surface area contributed by atoms with Crippen molar-refractivity contribution in [3.63, 3.8) is 0 Å². The normalized spacial score (nSPS) is 20.7. The molecule has 0 aliphatic heterocycles. The molecule has 0 bridgehead atoms. The Balaban J connectivity index is 1.87. The Morgan fingerprint density at radius 3 is 2.67 bits per heavy atom. The van der Waals surface area contributed by atoms with E-state index in [-0.39, 0.29) is 0 Å². The minimum atomic E-state index is 0.655. The molecule has 1 aromatic heterocycles. The molecule has 0 amide bonds. The van der Waals surface area contributed by atoms with Crippen LogP contribution in [-0.2, 0) is 6.54 Å². The van der Waals surface area contributed by atoms with E-state index in [4.69, 9.17) is 10.7 Å². The van der Waals surface area contributed by atoms with Crippen molar-refractivity contribution < 1.29 is 0 Å². The third-order valence-electron chi connectivity index (χ3n) is 3.26. The zero-order valence-corrected chi connectivity index (χ0v) is 9.89. The summed E-state index contributed by atoms with van der Waals surface area (Å²) >= 11 is 1.79. The molecule has 1 heterocycles. The predicted molar refractivity (Wildman–Crippen MR) is 63.4 cm³/mol. The van der Waals surface area contributed by atoms with E-state index in [9.17, 15) is 0 Å². The van der Waals surface area contributed by atoms with Gasteiger partial charge in [-0.05, 0) is 25.7 Å². The topological polar surface area (TPSA) is 42.2 Å². The molecule has 2 N–H and O–H groups in total. The molecule has 2 saturated carbocycles. The number of hydrogen-bond donors (Lipinski definition) is 1. The first-order valence-electron chi connectivity index (χ1n) is 5.72. The highest BCUT2D eigenvalue weighted by atomic mass is 32.1. The van der Waals surface area contributed by atoms with Gasteiger partial charge in [0.25, 0.3) is 0 Å². The van der Waals surface area contributed by atoms with Crippen LogP contribution < -0.4 is 10.6 Å². The van der Waals surface area contributed by atoms with Gasteiger partial charge in [-0.2, -0.15) is 0 Å². The Hall–Kier alpha value is -0.610. The van der Waals surface area contributed by atoms with Crippen LogP contribution in [0, 0.1) is 0 Å². The first-order valence-corrected chi connectivity index (χ1v) is 6.53. The van der Waals surface area contributed by atoms with Crippen LogP contribution in [0.5, 0.6) is 0 Å². The number of anilines is 1. The third-order valence-corrected chi connectivity index (χ3v) is 4.45.